The monoisotopic (exact) mass is 339 g/mol. The van der Waals surface area contributed by atoms with Gasteiger partial charge in [0.1, 0.15) is 11.4 Å². The Bertz CT molecular complexity index is 983. The maximum atomic E-state index is 12.5. The normalized spacial score (nSPS) is 11.0. The van der Waals surface area contributed by atoms with Crippen molar-refractivity contribution in [3.05, 3.63) is 64.6 Å². The molecule has 3 heterocycles. The molecule has 0 radical (unpaired) electrons. The summed E-state index contributed by atoms with van der Waals surface area (Å²) in [5, 5.41) is 6.80. The summed E-state index contributed by atoms with van der Waals surface area (Å²) in [6.07, 6.45) is 1.92. The third-order valence-corrected chi connectivity index (χ3v) is 5.22. The van der Waals surface area contributed by atoms with Gasteiger partial charge in [-0.15, -0.1) is 22.7 Å². The first-order valence-corrected chi connectivity index (χ1v) is 8.85. The molecule has 4 rings (SSSR count). The minimum Gasteiger partial charge on any atom is -0.321 e. The zero-order valence-corrected chi connectivity index (χ0v) is 13.9. The van der Waals surface area contributed by atoms with Crippen LogP contribution in [0, 0.1) is 6.92 Å². The number of imidazole rings is 1. The van der Waals surface area contributed by atoms with Gasteiger partial charge in [-0.2, -0.15) is 0 Å². The molecule has 1 aromatic carbocycles. The number of anilines is 1. The van der Waals surface area contributed by atoms with Crippen LogP contribution in [0.2, 0.25) is 0 Å². The summed E-state index contributed by atoms with van der Waals surface area (Å²) < 4.78 is 1.85. The molecule has 0 saturated carbocycles. The lowest BCUT2D eigenvalue weighted by Crippen LogP contribution is -2.13. The third-order valence-electron chi connectivity index (χ3n) is 3.49. The van der Waals surface area contributed by atoms with Crippen molar-refractivity contribution in [2.75, 3.05) is 5.32 Å². The van der Waals surface area contributed by atoms with Crippen molar-refractivity contribution < 1.29 is 4.79 Å². The van der Waals surface area contributed by atoms with Gasteiger partial charge in [-0.1, -0.05) is 18.2 Å². The number of carbonyl (C=O) groups is 1. The number of benzene rings is 1. The number of carbonyl (C=O) groups excluding carboxylic acids is 1. The van der Waals surface area contributed by atoms with Crippen molar-refractivity contribution in [1.29, 1.82) is 0 Å². The molecule has 4 aromatic rings. The second-order valence-electron chi connectivity index (χ2n) is 5.20. The molecule has 3 aromatic heterocycles. The Kier molecular flexibility index (Phi) is 3.48. The highest BCUT2D eigenvalue weighted by molar-refractivity contribution is 7.15. The number of rotatable bonds is 3. The second kappa shape index (κ2) is 5.64. The molecular weight excluding hydrogens is 326 g/mol. The summed E-state index contributed by atoms with van der Waals surface area (Å²) in [6, 6.07) is 11.8. The fraction of sp³-hybridized carbons (Fsp3) is 0.0588. The molecule has 0 unspecified atom stereocenters. The lowest BCUT2D eigenvalue weighted by molar-refractivity contribution is 0.102. The minimum absolute atomic E-state index is 0.128. The maximum Gasteiger partial charge on any atom is 0.273 e. The fourth-order valence-corrected chi connectivity index (χ4v) is 3.94. The second-order valence-corrected chi connectivity index (χ2v) is 6.98. The van der Waals surface area contributed by atoms with E-state index >= 15 is 0 Å². The van der Waals surface area contributed by atoms with Gasteiger partial charge >= 0.3 is 0 Å². The summed E-state index contributed by atoms with van der Waals surface area (Å²) in [7, 11) is 0. The summed E-state index contributed by atoms with van der Waals surface area (Å²) in [5.41, 5.74) is 3.41. The van der Waals surface area contributed by atoms with Crippen molar-refractivity contribution in [3.63, 3.8) is 0 Å². The van der Waals surface area contributed by atoms with Crippen LogP contribution >= 0.6 is 22.7 Å². The Morgan fingerprint density at radius 2 is 2.13 bits per heavy atom. The molecule has 114 valence electrons. The number of thiophene rings is 1. The molecule has 1 N–H and O–H groups in total. The van der Waals surface area contributed by atoms with Crippen molar-refractivity contribution in [1.82, 2.24) is 9.38 Å². The lowest BCUT2D eigenvalue weighted by Gasteiger charge is -2.05. The molecule has 0 spiro atoms. The molecule has 0 atom stereocenters. The first-order chi connectivity index (χ1) is 11.2. The quantitative estimate of drug-likeness (QED) is 0.589. The zero-order chi connectivity index (χ0) is 15.8. The molecule has 6 heteroatoms. The molecule has 4 nitrogen and oxygen atoms in total. The average molecular weight is 339 g/mol. The van der Waals surface area contributed by atoms with Crippen LogP contribution in [0.3, 0.4) is 0 Å². The Hall–Kier alpha value is -2.44. The molecular formula is C17H13N3OS2. The van der Waals surface area contributed by atoms with E-state index in [-0.39, 0.29) is 5.91 Å². The van der Waals surface area contributed by atoms with E-state index in [1.165, 1.54) is 11.3 Å². The molecule has 1 amide bonds. The predicted octanol–water partition coefficient (Wildman–Crippen LogP) is 4.69. The Labute approximate surface area is 141 Å². The van der Waals surface area contributed by atoms with Gasteiger partial charge in [0.25, 0.3) is 5.91 Å². The van der Waals surface area contributed by atoms with Crippen LogP contribution in [0.4, 0.5) is 5.69 Å². The number of nitrogens with zero attached hydrogens (tertiary/aromatic N) is 2. The smallest absolute Gasteiger partial charge is 0.273 e. The molecule has 0 fully saturated rings. The van der Waals surface area contributed by atoms with Gasteiger partial charge < -0.3 is 5.32 Å². The van der Waals surface area contributed by atoms with Crippen molar-refractivity contribution >= 4 is 39.2 Å². The van der Waals surface area contributed by atoms with Gasteiger partial charge in [0.2, 0.25) is 0 Å². The van der Waals surface area contributed by atoms with E-state index in [2.05, 4.69) is 10.3 Å². The molecule has 23 heavy (non-hydrogen) atoms. The van der Waals surface area contributed by atoms with E-state index in [1.54, 1.807) is 11.3 Å². The highest BCUT2D eigenvalue weighted by atomic mass is 32.1. The highest BCUT2D eigenvalue weighted by Gasteiger charge is 2.15. The van der Waals surface area contributed by atoms with Crippen LogP contribution < -0.4 is 5.32 Å². The van der Waals surface area contributed by atoms with Crippen molar-refractivity contribution in [2.45, 2.75) is 6.92 Å². The summed E-state index contributed by atoms with van der Waals surface area (Å²) >= 11 is 3.11. The van der Waals surface area contributed by atoms with Crippen molar-refractivity contribution in [2.24, 2.45) is 0 Å². The van der Waals surface area contributed by atoms with Crippen LogP contribution in [-0.4, -0.2) is 15.3 Å². The standard InChI is InChI=1S/C17H13N3OS2/c1-11-4-2-5-12(8-11)18-16(21)14-10-23-17-19-13(9-20(14)17)15-6-3-7-22-15/h2-10H,1H3,(H,18,21). The molecule has 0 bridgehead atoms. The Morgan fingerprint density at radius 1 is 1.22 bits per heavy atom. The number of hydrogen-bond acceptors (Lipinski definition) is 4. The summed E-state index contributed by atoms with van der Waals surface area (Å²) in [6.45, 7) is 2.00. The number of amides is 1. The Morgan fingerprint density at radius 3 is 2.91 bits per heavy atom. The van der Waals surface area contributed by atoms with Crippen LogP contribution in [0.1, 0.15) is 16.1 Å². The number of thiazole rings is 1. The lowest BCUT2D eigenvalue weighted by atomic mass is 10.2. The van der Waals surface area contributed by atoms with Gasteiger partial charge in [-0.05, 0) is 36.1 Å². The van der Waals surface area contributed by atoms with Gasteiger partial charge in [-0.25, -0.2) is 4.98 Å². The number of hydrogen-bond donors (Lipinski definition) is 1. The number of aryl methyl sites for hydroxylation is 1. The van der Waals surface area contributed by atoms with Crippen LogP contribution in [-0.2, 0) is 0 Å². The molecule has 0 aliphatic rings. The zero-order valence-electron chi connectivity index (χ0n) is 12.3. The molecule has 0 aliphatic heterocycles. The average Bonchev–Trinajstić information content (AvgIpc) is 3.23. The van der Waals surface area contributed by atoms with Gasteiger partial charge in [-0.3, -0.25) is 9.20 Å². The van der Waals surface area contributed by atoms with E-state index in [0.29, 0.717) is 5.69 Å². The van der Waals surface area contributed by atoms with Crippen LogP contribution in [0.15, 0.2) is 53.4 Å². The van der Waals surface area contributed by atoms with Crippen molar-refractivity contribution in [3.8, 4) is 10.6 Å². The number of fused-ring (bicyclic) bond motifs is 1. The fourth-order valence-electron chi connectivity index (χ4n) is 2.41. The summed E-state index contributed by atoms with van der Waals surface area (Å²) in [4.78, 5) is 19.1. The van der Waals surface area contributed by atoms with Crippen LogP contribution in [0.25, 0.3) is 15.5 Å². The van der Waals surface area contributed by atoms with E-state index in [0.717, 1.165) is 26.8 Å². The predicted molar refractivity (Wildman–Crippen MR) is 95.5 cm³/mol. The summed E-state index contributed by atoms with van der Waals surface area (Å²) in [5.74, 6) is -0.128. The largest absolute Gasteiger partial charge is 0.321 e. The van der Waals surface area contributed by atoms with E-state index < -0.39 is 0 Å². The third kappa shape index (κ3) is 2.67. The molecule has 0 aliphatic carbocycles. The van der Waals surface area contributed by atoms with Crippen LogP contribution in [0.5, 0.6) is 0 Å². The molecule has 0 saturated heterocycles. The number of nitrogens with one attached hydrogen (secondary N) is 1. The minimum atomic E-state index is -0.128. The van der Waals surface area contributed by atoms with Gasteiger partial charge in [0, 0.05) is 17.3 Å². The van der Waals surface area contributed by atoms with Gasteiger partial charge in [0.05, 0.1) is 4.88 Å². The van der Waals surface area contributed by atoms with E-state index in [9.17, 15) is 4.79 Å². The Balaban J connectivity index is 1.67. The topological polar surface area (TPSA) is 46.4 Å². The van der Waals surface area contributed by atoms with E-state index in [4.69, 9.17) is 0 Å². The van der Waals surface area contributed by atoms with E-state index in [1.807, 2.05) is 64.7 Å². The first kappa shape index (κ1) is 14.2. The SMILES string of the molecule is Cc1cccc(NC(=O)c2csc3nc(-c4cccs4)cn23)c1. The highest BCUT2D eigenvalue weighted by Crippen LogP contribution is 2.27. The first-order valence-electron chi connectivity index (χ1n) is 7.09. The van der Waals surface area contributed by atoms with Gasteiger partial charge in [0.15, 0.2) is 4.96 Å². The number of aromatic nitrogens is 2. The maximum absolute atomic E-state index is 12.5.